The number of phenolic OH excluding ortho intramolecular Hbond substituents is 1. The Morgan fingerprint density at radius 1 is 1.47 bits per heavy atom. The number of methoxy groups -OCH3 is 1. The van der Waals surface area contributed by atoms with Crippen molar-refractivity contribution < 1.29 is 24.1 Å². The Labute approximate surface area is 112 Å². The highest BCUT2D eigenvalue weighted by atomic mass is 16.6. The van der Waals surface area contributed by atoms with Gasteiger partial charge in [0.25, 0.3) is 0 Å². The van der Waals surface area contributed by atoms with Crippen molar-refractivity contribution >= 4 is 5.97 Å². The summed E-state index contributed by atoms with van der Waals surface area (Å²) in [7, 11) is 1.49. The van der Waals surface area contributed by atoms with Gasteiger partial charge in [-0.05, 0) is 17.7 Å². The maximum absolute atomic E-state index is 11.3. The Balaban J connectivity index is 1.90. The first kappa shape index (κ1) is 13.7. The molecule has 0 aliphatic carbocycles. The Hall–Kier alpha value is -1.75. The number of esters is 1. The molecule has 19 heavy (non-hydrogen) atoms. The molecule has 5 nitrogen and oxygen atoms in total. The van der Waals surface area contributed by atoms with E-state index in [4.69, 9.17) is 14.2 Å². The van der Waals surface area contributed by atoms with Gasteiger partial charge in [-0.1, -0.05) is 19.9 Å². The van der Waals surface area contributed by atoms with Gasteiger partial charge in [0.05, 0.1) is 13.0 Å². The summed E-state index contributed by atoms with van der Waals surface area (Å²) in [5.74, 6) is 0.143. The van der Waals surface area contributed by atoms with Crippen LogP contribution in [0.2, 0.25) is 0 Å². The summed E-state index contributed by atoms with van der Waals surface area (Å²) in [4.78, 5) is 11.3. The largest absolute Gasteiger partial charge is 0.504 e. The van der Waals surface area contributed by atoms with Crippen molar-refractivity contribution in [3.63, 3.8) is 0 Å². The van der Waals surface area contributed by atoms with E-state index >= 15 is 0 Å². The number of hydrogen-bond acceptors (Lipinski definition) is 5. The molecule has 0 saturated carbocycles. The van der Waals surface area contributed by atoms with E-state index in [1.807, 2.05) is 0 Å². The molecule has 0 spiro atoms. The predicted octanol–water partition coefficient (Wildman–Crippen LogP) is 2.04. The van der Waals surface area contributed by atoms with E-state index in [2.05, 4.69) is 0 Å². The molecule has 0 amide bonds. The molecule has 1 heterocycles. The zero-order chi connectivity index (χ0) is 14.0. The lowest BCUT2D eigenvalue weighted by Crippen LogP contribution is -2.15. The number of ether oxygens (including phenoxy) is 3. The highest BCUT2D eigenvalue weighted by molar-refractivity contribution is 5.71. The summed E-state index contributed by atoms with van der Waals surface area (Å²) >= 11 is 0. The Kier molecular flexibility index (Phi) is 3.95. The second kappa shape index (κ2) is 5.48. The van der Waals surface area contributed by atoms with Crippen LogP contribution in [0.1, 0.15) is 25.5 Å². The zero-order valence-electron chi connectivity index (χ0n) is 11.3. The molecule has 5 heteroatoms. The van der Waals surface area contributed by atoms with Crippen LogP contribution in [0.15, 0.2) is 18.2 Å². The maximum atomic E-state index is 11.3. The van der Waals surface area contributed by atoms with Gasteiger partial charge in [-0.2, -0.15) is 0 Å². The minimum Gasteiger partial charge on any atom is -0.504 e. The van der Waals surface area contributed by atoms with Gasteiger partial charge >= 0.3 is 5.97 Å². The molecule has 104 valence electrons. The van der Waals surface area contributed by atoms with Crippen LogP contribution in [0.25, 0.3) is 0 Å². The van der Waals surface area contributed by atoms with Crippen molar-refractivity contribution in [1.29, 1.82) is 0 Å². The second-order valence-electron chi connectivity index (χ2n) is 4.81. The average Bonchev–Trinajstić information content (AvgIpc) is 3.16. The van der Waals surface area contributed by atoms with Gasteiger partial charge in [0.2, 0.25) is 0 Å². The Bertz CT molecular complexity index is 469. The number of carbonyl (C=O) groups is 1. The van der Waals surface area contributed by atoms with Crippen molar-refractivity contribution in [1.82, 2.24) is 0 Å². The van der Waals surface area contributed by atoms with Gasteiger partial charge in [0.1, 0.15) is 18.8 Å². The first-order valence-corrected chi connectivity index (χ1v) is 6.22. The molecule has 2 rings (SSSR count). The number of benzene rings is 1. The monoisotopic (exact) mass is 266 g/mol. The lowest BCUT2D eigenvalue weighted by Gasteiger charge is -2.06. The summed E-state index contributed by atoms with van der Waals surface area (Å²) < 4.78 is 15.6. The van der Waals surface area contributed by atoms with E-state index in [9.17, 15) is 9.90 Å². The van der Waals surface area contributed by atoms with Crippen molar-refractivity contribution in [2.45, 2.75) is 26.1 Å². The van der Waals surface area contributed by atoms with Crippen LogP contribution in [-0.2, 0) is 14.3 Å². The first-order valence-electron chi connectivity index (χ1n) is 6.22. The molecule has 1 fully saturated rings. The van der Waals surface area contributed by atoms with E-state index in [0.717, 1.165) is 5.56 Å². The standard InChI is InChI=1S/C14H18O5/c1-8(2)14(16)18-7-12-13(19-12)9-4-5-10(15)11(6-9)17-3/h4-6,8,12-13,15H,7H2,1-3H3/t12-,13-/m1/s1. The van der Waals surface area contributed by atoms with Gasteiger partial charge in [0.15, 0.2) is 11.5 Å². The molecule has 1 aromatic rings. The minimum absolute atomic E-state index is 0.0923. The van der Waals surface area contributed by atoms with E-state index in [0.29, 0.717) is 5.75 Å². The van der Waals surface area contributed by atoms with Gasteiger partial charge in [-0.3, -0.25) is 4.79 Å². The van der Waals surface area contributed by atoms with Crippen LogP contribution in [0.5, 0.6) is 11.5 Å². The zero-order valence-corrected chi connectivity index (χ0v) is 11.3. The molecular formula is C14H18O5. The lowest BCUT2D eigenvalue weighted by atomic mass is 10.1. The number of aromatic hydroxyl groups is 1. The molecule has 1 saturated heterocycles. The van der Waals surface area contributed by atoms with E-state index < -0.39 is 0 Å². The van der Waals surface area contributed by atoms with Crippen LogP contribution in [0.3, 0.4) is 0 Å². The maximum Gasteiger partial charge on any atom is 0.308 e. The third-order valence-electron chi connectivity index (χ3n) is 2.98. The van der Waals surface area contributed by atoms with Crippen molar-refractivity contribution in [3.05, 3.63) is 23.8 Å². The number of rotatable bonds is 5. The molecule has 1 aromatic carbocycles. The van der Waals surface area contributed by atoms with Gasteiger partial charge in [-0.25, -0.2) is 0 Å². The first-order chi connectivity index (χ1) is 9.02. The fourth-order valence-corrected chi connectivity index (χ4v) is 1.76. The van der Waals surface area contributed by atoms with Crippen LogP contribution >= 0.6 is 0 Å². The minimum atomic E-state index is -0.225. The molecule has 0 aromatic heterocycles. The summed E-state index contributed by atoms with van der Waals surface area (Å²) in [5.41, 5.74) is 0.903. The molecule has 0 bridgehead atoms. The van der Waals surface area contributed by atoms with Gasteiger partial charge in [0, 0.05) is 0 Å². The van der Waals surface area contributed by atoms with E-state index in [1.165, 1.54) is 7.11 Å². The Morgan fingerprint density at radius 2 is 2.21 bits per heavy atom. The summed E-state index contributed by atoms with van der Waals surface area (Å²) in [6.07, 6.45) is -0.216. The summed E-state index contributed by atoms with van der Waals surface area (Å²) in [5, 5.41) is 9.51. The van der Waals surface area contributed by atoms with Crippen LogP contribution < -0.4 is 4.74 Å². The summed E-state index contributed by atoms with van der Waals surface area (Å²) in [6.45, 7) is 3.84. The molecule has 1 aliphatic heterocycles. The van der Waals surface area contributed by atoms with E-state index in [-0.39, 0.29) is 36.5 Å². The average molecular weight is 266 g/mol. The fraction of sp³-hybridized carbons (Fsp3) is 0.500. The topological polar surface area (TPSA) is 68.3 Å². The molecule has 1 N–H and O–H groups in total. The third kappa shape index (κ3) is 3.17. The smallest absolute Gasteiger partial charge is 0.308 e. The van der Waals surface area contributed by atoms with Crippen molar-refractivity contribution in [2.24, 2.45) is 5.92 Å². The highest BCUT2D eigenvalue weighted by Gasteiger charge is 2.41. The highest BCUT2D eigenvalue weighted by Crippen LogP contribution is 2.41. The predicted molar refractivity (Wildman–Crippen MR) is 68.1 cm³/mol. The fourth-order valence-electron chi connectivity index (χ4n) is 1.76. The third-order valence-corrected chi connectivity index (χ3v) is 2.98. The van der Waals surface area contributed by atoms with Crippen LogP contribution in [0, 0.1) is 5.92 Å². The van der Waals surface area contributed by atoms with Crippen LogP contribution in [0.4, 0.5) is 0 Å². The van der Waals surface area contributed by atoms with Crippen molar-refractivity contribution in [2.75, 3.05) is 13.7 Å². The number of epoxide rings is 1. The molecule has 1 aliphatic rings. The van der Waals surface area contributed by atoms with Gasteiger partial charge < -0.3 is 19.3 Å². The number of phenols is 1. The normalized spacial score (nSPS) is 21.3. The van der Waals surface area contributed by atoms with Gasteiger partial charge in [-0.15, -0.1) is 0 Å². The molecular weight excluding hydrogens is 248 g/mol. The van der Waals surface area contributed by atoms with Crippen LogP contribution in [-0.4, -0.2) is 30.9 Å². The SMILES string of the molecule is COc1cc([C@H]2O[C@@H]2COC(=O)C(C)C)ccc1O. The summed E-state index contributed by atoms with van der Waals surface area (Å²) in [6, 6.07) is 5.06. The molecule has 0 radical (unpaired) electrons. The quantitative estimate of drug-likeness (QED) is 0.652. The molecule has 0 unspecified atom stereocenters. The number of carbonyl (C=O) groups excluding carboxylic acids is 1. The van der Waals surface area contributed by atoms with E-state index in [1.54, 1.807) is 32.0 Å². The Morgan fingerprint density at radius 3 is 2.84 bits per heavy atom. The molecule has 2 atom stereocenters. The number of hydrogen-bond donors (Lipinski definition) is 1. The van der Waals surface area contributed by atoms with Crippen molar-refractivity contribution in [3.8, 4) is 11.5 Å². The lowest BCUT2D eigenvalue weighted by molar-refractivity contribution is -0.147. The second-order valence-corrected chi connectivity index (χ2v) is 4.81.